The number of ether oxygens (including phenoxy) is 2. The zero-order valence-corrected chi connectivity index (χ0v) is 19.7. The second kappa shape index (κ2) is 10.9. The lowest BCUT2D eigenvalue weighted by Gasteiger charge is -2.34. The standard InChI is InChI=1S/C23H26F2N2O6S/c1-16(28)17-5-8-21(22(14-17)32-2)33-13-3-4-23(29)26-9-11-27(12-10-26)34(30,31)18-6-7-19(24)20(25)15-18/h5-8,14-15H,3-4,9-13H2,1-2H3. The van der Waals surface area contributed by atoms with Crippen LogP contribution in [0, 0.1) is 11.6 Å². The van der Waals surface area contributed by atoms with Gasteiger partial charge in [0.15, 0.2) is 28.9 Å². The van der Waals surface area contributed by atoms with Gasteiger partial charge in [0.25, 0.3) is 0 Å². The minimum absolute atomic E-state index is 0.0588. The second-order valence-electron chi connectivity index (χ2n) is 7.73. The lowest BCUT2D eigenvalue weighted by Crippen LogP contribution is -2.50. The summed E-state index contributed by atoms with van der Waals surface area (Å²) in [4.78, 5) is 25.2. The highest BCUT2D eigenvalue weighted by atomic mass is 32.2. The molecule has 1 aliphatic heterocycles. The van der Waals surface area contributed by atoms with Gasteiger partial charge in [-0.15, -0.1) is 0 Å². The molecule has 0 radical (unpaired) electrons. The largest absolute Gasteiger partial charge is 0.493 e. The van der Waals surface area contributed by atoms with Crippen LogP contribution in [0.3, 0.4) is 0 Å². The number of hydrogen-bond acceptors (Lipinski definition) is 6. The topological polar surface area (TPSA) is 93.2 Å². The highest BCUT2D eigenvalue weighted by Crippen LogP contribution is 2.28. The molecule has 1 fully saturated rings. The zero-order chi connectivity index (χ0) is 24.9. The molecule has 0 bridgehead atoms. The minimum atomic E-state index is -3.98. The van der Waals surface area contributed by atoms with E-state index in [9.17, 15) is 26.8 Å². The van der Waals surface area contributed by atoms with Gasteiger partial charge < -0.3 is 14.4 Å². The second-order valence-corrected chi connectivity index (χ2v) is 9.67. The summed E-state index contributed by atoms with van der Waals surface area (Å²) >= 11 is 0. The average molecular weight is 497 g/mol. The highest BCUT2D eigenvalue weighted by Gasteiger charge is 2.30. The Morgan fingerprint density at radius 1 is 0.971 bits per heavy atom. The first-order chi connectivity index (χ1) is 16.1. The van der Waals surface area contributed by atoms with Gasteiger partial charge >= 0.3 is 0 Å². The van der Waals surface area contributed by atoms with Crippen molar-refractivity contribution < 1.29 is 36.3 Å². The van der Waals surface area contributed by atoms with Crippen LogP contribution in [0.1, 0.15) is 30.1 Å². The lowest BCUT2D eigenvalue weighted by atomic mass is 10.1. The molecule has 0 aliphatic carbocycles. The van der Waals surface area contributed by atoms with E-state index in [1.807, 2.05) is 0 Å². The van der Waals surface area contributed by atoms with Crippen molar-refractivity contribution in [2.45, 2.75) is 24.7 Å². The van der Waals surface area contributed by atoms with E-state index in [0.717, 1.165) is 16.4 Å². The predicted molar refractivity (Wildman–Crippen MR) is 119 cm³/mol. The van der Waals surface area contributed by atoms with Gasteiger partial charge in [0.05, 0.1) is 18.6 Å². The molecule has 2 aromatic carbocycles. The first-order valence-electron chi connectivity index (χ1n) is 10.7. The molecule has 8 nitrogen and oxygen atoms in total. The Hall–Kier alpha value is -3.05. The van der Waals surface area contributed by atoms with Gasteiger partial charge in [-0.05, 0) is 49.7 Å². The fourth-order valence-corrected chi connectivity index (χ4v) is 4.97. The molecular formula is C23H26F2N2O6S. The van der Waals surface area contributed by atoms with Crippen molar-refractivity contribution in [2.75, 3.05) is 39.9 Å². The van der Waals surface area contributed by atoms with Crippen LogP contribution in [0.4, 0.5) is 8.78 Å². The number of piperazine rings is 1. The molecule has 1 saturated heterocycles. The number of ketones is 1. The van der Waals surface area contributed by atoms with Gasteiger partial charge in [0.2, 0.25) is 15.9 Å². The van der Waals surface area contributed by atoms with E-state index >= 15 is 0 Å². The number of halogens is 2. The Kier molecular flexibility index (Phi) is 8.21. The monoisotopic (exact) mass is 496 g/mol. The molecule has 1 amide bonds. The number of benzene rings is 2. The van der Waals surface area contributed by atoms with Crippen LogP contribution in [0.25, 0.3) is 0 Å². The molecule has 1 heterocycles. The SMILES string of the molecule is COc1cc(C(C)=O)ccc1OCCCC(=O)N1CCN(S(=O)(=O)c2ccc(F)c(F)c2)CC1. The maximum Gasteiger partial charge on any atom is 0.243 e. The number of sulfonamides is 1. The maximum absolute atomic E-state index is 13.5. The number of Topliss-reactive ketones (excluding diaryl/α,β-unsaturated/α-hetero) is 1. The Morgan fingerprint density at radius 2 is 1.68 bits per heavy atom. The van der Waals surface area contributed by atoms with E-state index in [0.29, 0.717) is 29.5 Å². The third-order valence-electron chi connectivity index (χ3n) is 5.48. The first-order valence-corrected chi connectivity index (χ1v) is 12.1. The van der Waals surface area contributed by atoms with E-state index in [1.54, 1.807) is 23.1 Å². The van der Waals surface area contributed by atoms with Gasteiger partial charge in [0.1, 0.15) is 0 Å². The molecule has 0 aromatic heterocycles. The Morgan fingerprint density at radius 3 is 2.29 bits per heavy atom. The third-order valence-corrected chi connectivity index (χ3v) is 7.38. The number of carbonyl (C=O) groups excluding carboxylic acids is 2. The van der Waals surface area contributed by atoms with Crippen LogP contribution in [0.5, 0.6) is 11.5 Å². The average Bonchev–Trinajstić information content (AvgIpc) is 2.83. The molecule has 3 rings (SSSR count). The van der Waals surface area contributed by atoms with Crippen molar-refractivity contribution in [3.8, 4) is 11.5 Å². The zero-order valence-electron chi connectivity index (χ0n) is 18.9. The molecule has 1 aliphatic rings. The number of nitrogens with zero attached hydrogens (tertiary/aromatic N) is 2. The number of carbonyl (C=O) groups is 2. The van der Waals surface area contributed by atoms with Gasteiger partial charge in [-0.3, -0.25) is 9.59 Å². The summed E-state index contributed by atoms with van der Waals surface area (Å²) in [6, 6.07) is 7.33. The molecule has 2 aromatic rings. The van der Waals surface area contributed by atoms with Crippen molar-refractivity contribution in [2.24, 2.45) is 0 Å². The van der Waals surface area contributed by atoms with Crippen LogP contribution in [0.15, 0.2) is 41.3 Å². The molecular weight excluding hydrogens is 470 g/mol. The number of hydrogen-bond donors (Lipinski definition) is 0. The van der Waals surface area contributed by atoms with Gasteiger partial charge in [0, 0.05) is 38.2 Å². The minimum Gasteiger partial charge on any atom is -0.493 e. The van der Waals surface area contributed by atoms with Crippen LogP contribution in [-0.2, 0) is 14.8 Å². The molecule has 0 saturated carbocycles. The van der Waals surface area contributed by atoms with Crippen molar-refractivity contribution in [3.05, 3.63) is 53.6 Å². The number of amides is 1. The van der Waals surface area contributed by atoms with Crippen molar-refractivity contribution in [3.63, 3.8) is 0 Å². The van der Waals surface area contributed by atoms with E-state index in [2.05, 4.69) is 0 Å². The predicted octanol–water partition coefficient (Wildman–Crippen LogP) is 2.87. The molecule has 34 heavy (non-hydrogen) atoms. The van der Waals surface area contributed by atoms with E-state index < -0.39 is 21.7 Å². The maximum atomic E-state index is 13.5. The van der Waals surface area contributed by atoms with E-state index in [-0.39, 0.29) is 55.8 Å². The summed E-state index contributed by atoms with van der Waals surface area (Å²) in [6.07, 6.45) is 0.646. The molecule has 184 valence electrons. The quantitative estimate of drug-likeness (QED) is 0.392. The summed E-state index contributed by atoms with van der Waals surface area (Å²) < 4.78 is 64.0. The molecule has 0 spiro atoms. The van der Waals surface area contributed by atoms with E-state index in [1.165, 1.54) is 14.0 Å². The van der Waals surface area contributed by atoms with Crippen LogP contribution in [0.2, 0.25) is 0 Å². The van der Waals surface area contributed by atoms with Crippen LogP contribution < -0.4 is 9.47 Å². The van der Waals surface area contributed by atoms with Crippen molar-refractivity contribution in [1.82, 2.24) is 9.21 Å². The van der Waals surface area contributed by atoms with Crippen molar-refractivity contribution >= 4 is 21.7 Å². The summed E-state index contributed by atoms with van der Waals surface area (Å²) in [5.41, 5.74) is 0.505. The fourth-order valence-electron chi connectivity index (χ4n) is 3.53. The summed E-state index contributed by atoms with van der Waals surface area (Å²) in [5.74, 6) is -1.68. The van der Waals surface area contributed by atoms with Crippen molar-refractivity contribution in [1.29, 1.82) is 0 Å². The van der Waals surface area contributed by atoms with Gasteiger partial charge in [-0.25, -0.2) is 17.2 Å². The smallest absolute Gasteiger partial charge is 0.243 e. The molecule has 11 heteroatoms. The first kappa shape index (κ1) is 25.6. The molecule has 0 unspecified atom stereocenters. The normalized spacial score (nSPS) is 14.6. The Bertz CT molecular complexity index is 1160. The van der Waals surface area contributed by atoms with Crippen LogP contribution >= 0.6 is 0 Å². The summed E-state index contributed by atoms with van der Waals surface area (Å²) in [6.45, 7) is 2.23. The summed E-state index contributed by atoms with van der Waals surface area (Å²) in [5, 5.41) is 0. The Labute approximate surface area is 197 Å². The lowest BCUT2D eigenvalue weighted by molar-refractivity contribution is -0.132. The number of rotatable bonds is 9. The molecule has 0 N–H and O–H groups in total. The third kappa shape index (κ3) is 5.89. The highest BCUT2D eigenvalue weighted by molar-refractivity contribution is 7.89. The van der Waals surface area contributed by atoms with Crippen LogP contribution in [-0.4, -0.2) is 69.2 Å². The summed E-state index contributed by atoms with van der Waals surface area (Å²) in [7, 11) is -2.51. The van der Waals surface area contributed by atoms with E-state index in [4.69, 9.17) is 9.47 Å². The Balaban J connectivity index is 1.47. The van der Waals surface area contributed by atoms with Gasteiger partial charge in [-0.1, -0.05) is 0 Å². The molecule has 0 atom stereocenters. The van der Waals surface area contributed by atoms with Gasteiger partial charge in [-0.2, -0.15) is 4.31 Å². The fraction of sp³-hybridized carbons (Fsp3) is 0.391. The number of methoxy groups -OCH3 is 1.